The zero-order chi connectivity index (χ0) is 19.8. The number of halogens is 1. The van der Waals surface area contributed by atoms with Crippen molar-refractivity contribution in [1.29, 1.82) is 0 Å². The molecule has 0 spiro atoms. The lowest BCUT2D eigenvalue weighted by molar-refractivity contribution is 0.0657. The molecule has 29 heavy (non-hydrogen) atoms. The summed E-state index contributed by atoms with van der Waals surface area (Å²) in [4.78, 5) is 17.6. The average Bonchev–Trinajstić information content (AvgIpc) is 2.74. The van der Waals surface area contributed by atoms with E-state index in [2.05, 4.69) is 68.2 Å². The maximum atomic E-state index is 5.70. The van der Waals surface area contributed by atoms with Gasteiger partial charge in [0.25, 0.3) is 0 Å². The van der Waals surface area contributed by atoms with Crippen LogP contribution in [0, 0.1) is 0 Å². The molecule has 1 aliphatic rings. The molecule has 2 aromatic rings. The predicted molar refractivity (Wildman–Crippen MR) is 128 cm³/mol. The molecule has 158 valence electrons. The molecule has 1 saturated heterocycles. The Morgan fingerprint density at radius 1 is 1.10 bits per heavy atom. The second-order valence-corrected chi connectivity index (χ2v) is 7.10. The summed E-state index contributed by atoms with van der Waals surface area (Å²) in [6.45, 7) is 9.03. The van der Waals surface area contributed by atoms with E-state index in [4.69, 9.17) is 4.74 Å². The smallest absolute Gasteiger partial charge is 0.225 e. The molecule has 7 nitrogen and oxygen atoms in total. The first-order chi connectivity index (χ1) is 13.7. The molecule has 1 aliphatic heterocycles. The number of nitrogens with zero attached hydrogens (tertiary/aromatic N) is 5. The van der Waals surface area contributed by atoms with Crippen LogP contribution in [0.5, 0.6) is 0 Å². The van der Waals surface area contributed by atoms with E-state index in [-0.39, 0.29) is 30.1 Å². The van der Waals surface area contributed by atoms with E-state index in [1.165, 1.54) is 11.1 Å². The molecule has 0 saturated carbocycles. The lowest BCUT2D eigenvalue weighted by atomic mass is 10.1. The summed E-state index contributed by atoms with van der Waals surface area (Å²) in [5.74, 6) is 1.72. The van der Waals surface area contributed by atoms with Crippen molar-refractivity contribution in [2.45, 2.75) is 33.1 Å². The summed E-state index contributed by atoms with van der Waals surface area (Å²) in [5.41, 5.74) is 2.42. The Labute approximate surface area is 190 Å². The predicted octanol–water partition coefficient (Wildman–Crippen LogP) is 2.92. The van der Waals surface area contributed by atoms with Crippen LogP contribution in [0.1, 0.15) is 25.0 Å². The average molecular weight is 510 g/mol. The van der Waals surface area contributed by atoms with Crippen molar-refractivity contribution < 1.29 is 4.74 Å². The van der Waals surface area contributed by atoms with Gasteiger partial charge >= 0.3 is 0 Å². The number of aromatic nitrogens is 2. The summed E-state index contributed by atoms with van der Waals surface area (Å²) < 4.78 is 5.70. The number of benzene rings is 1. The van der Waals surface area contributed by atoms with Crippen LogP contribution in [0.25, 0.3) is 0 Å². The van der Waals surface area contributed by atoms with Crippen molar-refractivity contribution in [3.8, 4) is 0 Å². The standard InChI is InChI=1S/C21H30N6O.HI/c1-17(2)28-16-19-7-4-6-18(14-19)15-25-20(22-3)26-10-12-27(13-11-26)21-23-8-5-9-24-21;/h4-9,14,17H,10-13,15-16H2,1-3H3,(H,22,25);1H. The van der Waals surface area contributed by atoms with Crippen LogP contribution in [0.3, 0.4) is 0 Å². The van der Waals surface area contributed by atoms with Crippen molar-refractivity contribution in [2.75, 3.05) is 38.1 Å². The first-order valence-corrected chi connectivity index (χ1v) is 9.82. The van der Waals surface area contributed by atoms with E-state index in [1.54, 1.807) is 12.4 Å². The monoisotopic (exact) mass is 510 g/mol. The molecule has 1 aromatic carbocycles. The molecular weight excluding hydrogens is 479 g/mol. The Kier molecular flexibility index (Phi) is 9.59. The molecule has 2 heterocycles. The Morgan fingerprint density at radius 2 is 1.79 bits per heavy atom. The van der Waals surface area contributed by atoms with Gasteiger partial charge in [0, 0.05) is 52.2 Å². The van der Waals surface area contributed by atoms with Gasteiger partial charge in [0.1, 0.15) is 0 Å². The third-order valence-electron chi connectivity index (χ3n) is 4.65. The molecule has 1 N–H and O–H groups in total. The highest BCUT2D eigenvalue weighted by atomic mass is 127. The van der Waals surface area contributed by atoms with Gasteiger partial charge in [-0.1, -0.05) is 24.3 Å². The Bertz CT molecular complexity index is 763. The van der Waals surface area contributed by atoms with Crippen LogP contribution in [0.4, 0.5) is 5.95 Å². The molecule has 0 radical (unpaired) electrons. The number of rotatable bonds is 6. The highest BCUT2D eigenvalue weighted by Crippen LogP contribution is 2.11. The van der Waals surface area contributed by atoms with Crippen molar-refractivity contribution in [1.82, 2.24) is 20.2 Å². The number of anilines is 1. The minimum Gasteiger partial charge on any atom is -0.374 e. The normalized spacial score (nSPS) is 14.7. The topological polar surface area (TPSA) is 65.9 Å². The highest BCUT2D eigenvalue weighted by molar-refractivity contribution is 14.0. The summed E-state index contributed by atoms with van der Waals surface area (Å²) >= 11 is 0. The number of aliphatic imine (C=N–C) groups is 1. The number of ether oxygens (including phenoxy) is 1. The SMILES string of the molecule is CN=C(NCc1cccc(COC(C)C)c1)N1CCN(c2ncccn2)CC1.I. The highest BCUT2D eigenvalue weighted by Gasteiger charge is 2.20. The molecule has 1 aromatic heterocycles. The first kappa shape index (κ1) is 23.3. The van der Waals surface area contributed by atoms with Gasteiger partial charge in [-0.15, -0.1) is 24.0 Å². The quantitative estimate of drug-likeness (QED) is 0.367. The van der Waals surface area contributed by atoms with Gasteiger partial charge in [-0.05, 0) is 31.0 Å². The van der Waals surface area contributed by atoms with Gasteiger partial charge in [0.15, 0.2) is 5.96 Å². The third kappa shape index (κ3) is 7.11. The first-order valence-electron chi connectivity index (χ1n) is 9.82. The summed E-state index contributed by atoms with van der Waals surface area (Å²) in [6, 6.07) is 10.3. The molecule has 8 heteroatoms. The number of nitrogens with one attached hydrogen (secondary N) is 1. The Balaban J connectivity index is 0.00000300. The Hall–Kier alpha value is -1.94. The summed E-state index contributed by atoms with van der Waals surface area (Å²) in [7, 11) is 1.84. The van der Waals surface area contributed by atoms with Gasteiger partial charge in [-0.2, -0.15) is 0 Å². The molecular formula is C21H31IN6O. The minimum atomic E-state index is 0. The van der Waals surface area contributed by atoms with Crippen molar-refractivity contribution >= 4 is 35.9 Å². The fourth-order valence-electron chi connectivity index (χ4n) is 3.18. The maximum absolute atomic E-state index is 5.70. The van der Waals surface area contributed by atoms with E-state index in [0.29, 0.717) is 6.61 Å². The zero-order valence-corrected chi connectivity index (χ0v) is 19.7. The molecule has 0 amide bonds. The fraction of sp³-hybridized carbons (Fsp3) is 0.476. The fourth-order valence-corrected chi connectivity index (χ4v) is 3.18. The largest absolute Gasteiger partial charge is 0.374 e. The molecule has 0 aliphatic carbocycles. The van der Waals surface area contributed by atoms with Gasteiger partial charge in [-0.25, -0.2) is 9.97 Å². The molecule has 0 unspecified atom stereocenters. The molecule has 0 atom stereocenters. The van der Waals surface area contributed by atoms with Gasteiger partial charge in [-0.3, -0.25) is 4.99 Å². The van der Waals surface area contributed by atoms with Gasteiger partial charge in [0.05, 0.1) is 12.7 Å². The van der Waals surface area contributed by atoms with Crippen LogP contribution in [0.15, 0.2) is 47.7 Å². The van der Waals surface area contributed by atoms with E-state index in [9.17, 15) is 0 Å². The van der Waals surface area contributed by atoms with Crippen molar-refractivity contribution in [3.05, 3.63) is 53.9 Å². The van der Waals surface area contributed by atoms with Crippen LogP contribution in [-0.4, -0.2) is 60.2 Å². The lowest BCUT2D eigenvalue weighted by Crippen LogP contribution is -2.52. The third-order valence-corrected chi connectivity index (χ3v) is 4.65. The lowest BCUT2D eigenvalue weighted by Gasteiger charge is -2.36. The second kappa shape index (κ2) is 11.9. The van der Waals surface area contributed by atoms with Gasteiger partial charge < -0.3 is 19.9 Å². The van der Waals surface area contributed by atoms with Crippen LogP contribution < -0.4 is 10.2 Å². The van der Waals surface area contributed by atoms with E-state index < -0.39 is 0 Å². The van der Waals surface area contributed by atoms with Crippen LogP contribution in [0.2, 0.25) is 0 Å². The molecule has 3 rings (SSSR count). The molecule has 1 fully saturated rings. The number of hydrogen-bond acceptors (Lipinski definition) is 5. The van der Waals surface area contributed by atoms with Crippen LogP contribution in [-0.2, 0) is 17.9 Å². The number of hydrogen-bond donors (Lipinski definition) is 1. The number of guanidine groups is 1. The van der Waals surface area contributed by atoms with Crippen molar-refractivity contribution in [3.63, 3.8) is 0 Å². The van der Waals surface area contributed by atoms with E-state index in [1.807, 2.05) is 13.1 Å². The van der Waals surface area contributed by atoms with E-state index >= 15 is 0 Å². The minimum absolute atomic E-state index is 0. The second-order valence-electron chi connectivity index (χ2n) is 7.10. The summed E-state index contributed by atoms with van der Waals surface area (Å²) in [6.07, 6.45) is 3.81. The Morgan fingerprint density at radius 3 is 2.45 bits per heavy atom. The zero-order valence-electron chi connectivity index (χ0n) is 17.4. The van der Waals surface area contributed by atoms with Crippen molar-refractivity contribution in [2.24, 2.45) is 4.99 Å². The number of piperazine rings is 1. The summed E-state index contributed by atoms with van der Waals surface area (Å²) in [5, 5.41) is 3.49. The maximum Gasteiger partial charge on any atom is 0.225 e. The van der Waals surface area contributed by atoms with Crippen LogP contribution >= 0.6 is 24.0 Å². The molecule has 0 bridgehead atoms. The van der Waals surface area contributed by atoms with E-state index in [0.717, 1.165) is 44.6 Å². The van der Waals surface area contributed by atoms with Gasteiger partial charge in [0.2, 0.25) is 5.95 Å².